The van der Waals surface area contributed by atoms with E-state index in [9.17, 15) is 9.59 Å². The van der Waals surface area contributed by atoms with Crippen molar-refractivity contribution in [1.29, 1.82) is 0 Å². The van der Waals surface area contributed by atoms with Crippen molar-refractivity contribution in [3.8, 4) is 0 Å². The van der Waals surface area contributed by atoms with Crippen molar-refractivity contribution in [2.45, 2.75) is 33.1 Å². The smallest absolute Gasteiger partial charge is 0.265 e. The van der Waals surface area contributed by atoms with E-state index < -0.39 is 0 Å². The first-order valence-electron chi connectivity index (χ1n) is 7.92. The zero-order valence-corrected chi connectivity index (χ0v) is 15.2. The molecule has 1 aliphatic rings. The Bertz CT molecular complexity index is 800. The minimum atomic E-state index is -0.188. The summed E-state index contributed by atoms with van der Waals surface area (Å²) in [4.78, 5) is 25.6. The summed E-state index contributed by atoms with van der Waals surface area (Å²) in [5, 5.41) is 5.91. The topological polar surface area (TPSA) is 58.2 Å². The van der Waals surface area contributed by atoms with Gasteiger partial charge in [-0.05, 0) is 55.0 Å². The molecular formula is C18H19ClN2O2S. The fourth-order valence-corrected chi connectivity index (χ4v) is 4.23. The zero-order chi connectivity index (χ0) is 17.3. The minimum Gasteiger partial charge on any atom is -0.325 e. The highest BCUT2D eigenvalue weighted by atomic mass is 35.5. The lowest BCUT2D eigenvalue weighted by atomic mass is 9.90. The predicted octanol–water partition coefficient (Wildman–Crippen LogP) is 4.74. The van der Waals surface area contributed by atoms with Gasteiger partial charge in [0.25, 0.3) is 5.91 Å². The summed E-state index contributed by atoms with van der Waals surface area (Å²) in [6.45, 7) is 3.67. The fraction of sp³-hybridized carbons (Fsp3) is 0.333. The molecule has 2 aromatic rings. The normalized spacial score (nSPS) is 16.4. The first-order valence-corrected chi connectivity index (χ1v) is 9.12. The van der Waals surface area contributed by atoms with Gasteiger partial charge in [0.15, 0.2) is 0 Å². The van der Waals surface area contributed by atoms with E-state index in [0.717, 1.165) is 17.7 Å². The number of rotatable bonds is 3. The van der Waals surface area contributed by atoms with Gasteiger partial charge in [0, 0.05) is 17.5 Å². The second-order valence-electron chi connectivity index (χ2n) is 6.24. The summed E-state index contributed by atoms with van der Waals surface area (Å²) in [5.41, 5.74) is 2.45. The number of hydrogen-bond donors (Lipinski definition) is 2. The predicted molar refractivity (Wildman–Crippen MR) is 99.2 cm³/mol. The van der Waals surface area contributed by atoms with Gasteiger partial charge in [-0.15, -0.1) is 11.3 Å². The van der Waals surface area contributed by atoms with Crippen LogP contribution in [0.15, 0.2) is 24.3 Å². The van der Waals surface area contributed by atoms with Crippen LogP contribution in [-0.4, -0.2) is 11.8 Å². The van der Waals surface area contributed by atoms with Crippen LogP contribution in [0.3, 0.4) is 0 Å². The first kappa shape index (κ1) is 17.0. The molecule has 24 heavy (non-hydrogen) atoms. The third-order valence-corrected chi connectivity index (χ3v) is 5.64. The average molecular weight is 363 g/mol. The molecule has 0 spiro atoms. The van der Waals surface area contributed by atoms with Crippen LogP contribution in [-0.2, 0) is 17.6 Å². The van der Waals surface area contributed by atoms with Gasteiger partial charge in [0.1, 0.15) is 0 Å². The maximum absolute atomic E-state index is 12.5. The molecule has 6 heteroatoms. The molecule has 1 atom stereocenters. The van der Waals surface area contributed by atoms with Crippen molar-refractivity contribution in [1.82, 2.24) is 0 Å². The number of carbonyl (C=O) groups excluding carboxylic acids is 2. The molecule has 1 heterocycles. The number of thiophene rings is 1. The fourth-order valence-electron chi connectivity index (χ4n) is 2.89. The molecule has 1 unspecified atom stereocenters. The van der Waals surface area contributed by atoms with E-state index in [4.69, 9.17) is 11.6 Å². The van der Waals surface area contributed by atoms with Crippen molar-refractivity contribution >= 4 is 46.1 Å². The number of hydrogen-bond acceptors (Lipinski definition) is 3. The summed E-state index contributed by atoms with van der Waals surface area (Å²) in [6, 6.07) is 7.06. The first-order chi connectivity index (χ1) is 11.4. The number of nitrogens with one attached hydrogen (secondary N) is 2. The number of benzene rings is 1. The number of carbonyl (C=O) groups is 2. The van der Waals surface area contributed by atoms with E-state index in [-0.39, 0.29) is 11.8 Å². The Hall–Kier alpha value is -1.85. The summed E-state index contributed by atoms with van der Waals surface area (Å²) in [5.74, 6) is 0.376. The van der Waals surface area contributed by atoms with Gasteiger partial charge in [-0.1, -0.05) is 18.5 Å². The molecule has 1 aromatic carbocycles. The van der Waals surface area contributed by atoms with E-state index in [1.54, 1.807) is 29.5 Å². The SMILES string of the molecule is CC(=O)Nc1ccc(NC(=O)c2cc3c(s2)CCC(C)C3)cc1Cl. The maximum Gasteiger partial charge on any atom is 0.265 e. The average Bonchev–Trinajstić information content (AvgIpc) is 2.93. The van der Waals surface area contributed by atoms with E-state index in [1.165, 1.54) is 23.8 Å². The van der Waals surface area contributed by atoms with E-state index in [0.29, 0.717) is 22.3 Å². The summed E-state index contributed by atoms with van der Waals surface area (Å²) in [7, 11) is 0. The van der Waals surface area contributed by atoms with Crippen molar-refractivity contribution in [3.05, 3.63) is 44.6 Å². The van der Waals surface area contributed by atoms with Crippen molar-refractivity contribution in [2.24, 2.45) is 5.92 Å². The number of aryl methyl sites for hydroxylation is 1. The lowest BCUT2D eigenvalue weighted by Gasteiger charge is -2.16. The monoisotopic (exact) mass is 362 g/mol. The number of halogens is 1. The molecule has 0 fully saturated rings. The lowest BCUT2D eigenvalue weighted by Crippen LogP contribution is -2.11. The van der Waals surface area contributed by atoms with E-state index in [1.807, 2.05) is 6.07 Å². The van der Waals surface area contributed by atoms with Gasteiger partial charge in [0.2, 0.25) is 5.91 Å². The van der Waals surface area contributed by atoms with Gasteiger partial charge < -0.3 is 10.6 Å². The van der Waals surface area contributed by atoms with E-state index in [2.05, 4.69) is 17.6 Å². The maximum atomic E-state index is 12.5. The minimum absolute atomic E-state index is 0.120. The molecule has 1 aromatic heterocycles. The van der Waals surface area contributed by atoms with Gasteiger partial charge in [-0.3, -0.25) is 9.59 Å². The van der Waals surface area contributed by atoms with Crippen LogP contribution in [0.25, 0.3) is 0 Å². The van der Waals surface area contributed by atoms with Crippen molar-refractivity contribution < 1.29 is 9.59 Å². The molecular weight excluding hydrogens is 344 g/mol. The molecule has 1 aliphatic carbocycles. The highest BCUT2D eigenvalue weighted by Crippen LogP contribution is 2.33. The standard InChI is InChI=1S/C18H19ClN2O2S/c1-10-3-6-16-12(7-10)8-17(24-16)18(23)21-13-4-5-15(14(19)9-13)20-11(2)22/h4-5,8-10H,3,6-7H2,1-2H3,(H,20,22)(H,21,23). The third kappa shape index (κ3) is 3.79. The summed E-state index contributed by atoms with van der Waals surface area (Å²) in [6.07, 6.45) is 3.30. The Morgan fingerprint density at radius 1 is 1.25 bits per heavy atom. The molecule has 4 nitrogen and oxygen atoms in total. The van der Waals surface area contributed by atoms with Crippen molar-refractivity contribution in [2.75, 3.05) is 10.6 Å². The Labute approximate surface area is 150 Å². The highest BCUT2D eigenvalue weighted by molar-refractivity contribution is 7.14. The zero-order valence-electron chi connectivity index (χ0n) is 13.6. The quantitative estimate of drug-likeness (QED) is 0.828. The van der Waals surface area contributed by atoms with Gasteiger partial charge in [-0.25, -0.2) is 0 Å². The summed E-state index contributed by atoms with van der Waals surface area (Å²) < 4.78 is 0. The molecule has 0 saturated heterocycles. The number of fused-ring (bicyclic) bond motifs is 1. The molecule has 0 radical (unpaired) electrons. The molecule has 2 amide bonds. The Morgan fingerprint density at radius 3 is 2.75 bits per heavy atom. The van der Waals surface area contributed by atoms with Crippen LogP contribution in [0.5, 0.6) is 0 Å². The molecule has 0 aliphatic heterocycles. The third-order valence-electron chi connectivity index (χ3n) is 4.09. The van der Waals surface area contributed by atoms with E-state index >= 15 is 0 Å². The van der Waals surface area contributed by atoms with Crippen LogP contribution in [0.2, 0.25) is 5.02 Å². The van der Waals surface area contributed by atoms with Crippen LogP contribution in [0, 0.1) is 5.92 Å². The molecule has 2 N–H and O–H groups in total. The molecule has 0 bridgehead atoms. The van der Waals surface area contributed by atoms with Gasteiger partial charge in [0.05, 0.1) is 15.6 Å². The van der Waals surface area contributed by atoms with Crippen LogP contribution in [0.4, 0.5) is 11.4 Å². The van der Waals surface area contributed by atoms with Crippen molar-refractivity contribution in [3.63, 3.8) is 0 Å². The second kappa shape index (κ2) is 6.95. The lowest BCUT2D eigenvalue weighted by molar-refractivity contribution is -0.114. The van der Waals surface area contributed by atoms with Gasteiger partial charge >= 0.3 is 0 Å². The summed E-state index contributed by atoms with van der Waals surface area (Å²) >= 11 is 7.72. The number of anilines is 2. The van der Waals surface area contributed by atoms with Crippen LogP contribution < -0.4 is 10.6 Å². The molecule has 126 valence electrons. The largest absolute Gasteiger partial charge is 0.325 e. The Kier molecular flexibility index (Phi) is 4.92. The molecule has 0 saturated carbocycles. The second-order valence-corrected chi connectivity index (χ2v) is 7.78. The molecule has 3 rings (SSSR count). The highest BCUT2D eigenvalue weighted by Gasteiger charge is 2.20. The van der Waals surface area contributed by atoms with Gasteiger partial charge in [-0.2, -0.15) is 0 Å². The number of amides is 2. The van der Waals surface area contributed by atoms with Crippen LogP contribution in [0.1, 0.15) is 40.4 Å². The Morgan fingerprint density at radius 2 is 2.04 bits per heavy atom. The van der Waals surface area contributed by atoms with Crippen LogP contribution >= 0.6 is 22.9 Å². The Balaban J connectivity index is 1.73.